The molecule has 20 heavy (non-hydrogen) atoms. The van der Waals surface area contributed by atoms with Crippen molar-refractivity contribution in [2.75, 3.05) is 11.9 Å². The Morgan fingerprint density at radius 1 is 1.50 bits per heavy atom. The Bertz CT molecular complexity index is 516. The predicted molar refractivity (Wildman–Crippen MR) is 86.9 cm³/mol. The normalized spacial score (nSPS) is 18.6. The van der Waals surface area contributed by atoms with Gasteiger partial charge in [0.25, 0.3) is 0 Å². The minimum Gasteiger partial charge on any atom is -0.389 e. The second kappa shape index (κ2) is 7.15. The van der Waals surface area contributed by atoms with E-state index in [1.807, 2.05) is 0 Å². The first-order valence-electron chi connectivity index (χ1n) is 6.57. The molecule has 0 aromatic heterocycles. The second-order valence-electron chi connectivity index (χ2n) is 4.80. The smallest absolute Gasteiger partial charge is 0.227 e. The minimum absolute atomic E-state index is 0.0402. The molecule has 1 saturated heterocycles. The highest BCUT2D eigenvalue weighted by Crippen LogP contribution is 2.24. The summed E-state index contributed by atoms with van der Waals surface area (Å²) < 4.78 is 6.33. The highest BCUT2D eigenvalue weighted by atomic mass is 79.9. The number of halogens is 1. The third-order valence-corrected chi connectivity index (χ3v) is 4.11. The van der Waals surface area contributed by atoms with Crippen LogP contribution in [0.2, 0.25) is 0 Å². The molecule has 0 spiro atoms. The van der Waals surface area contributed by atoms with Crippen molar-refractivity contribution in [1.29, 1.82) is 0 Å². The number of nitrogens with one attached hydrogen (secondary N) is 1. The van der Waals surface area contributed by atoms with Crippen LogP contribution in [0.3, 0.4) is 0 Å². The average molecular weight is 357 g/mol. The molecular formula is C14H17BrN2O2S. The van der Waals surface area contributed by atoms with Crippen molar-refractivity contribution >= 4 is 44.7 Å². The van der Waals surface area contributed by atoms with Crippen LogP contribution in [0.15, 0.2) is 22.7 Å². The molecule has 1 atom stereocenters. The van der Waals surface area contributed by atoms with Crippen LogP contribution in [-0.2, 0) is 9.53 Å². The fourth-order valence-corrected chi connectivity index (χ4v) is 2.75. The molecule has 1 heterocycles. The second-order valence-corrected chi connectivity index (χ2v) is 6.09. The first-order valence-corrected chi connectivity index (χ1v) is 7.77. The lowest BCUT2D eigenvalue weighted by atomic mass is 10.1. The van der Waals surface area contributed by atoms with Gasteiger partial charge in [0.05, 0.1) is 18.2 Å². The number of ether oxygens (including phenoxy) is 1. The van der Waals surface area contributed by atoms with E-state index in [-0.39, 0.29) is 12.0 Å². The Morgan fingerprint density at radius 2 is 2.30 bits per heavy atom. The van der Waals surface area contributed by atoms with E-state index >= 15 is 0 Å². The van der Waals surface area contributed by atoms with E-state index in [1.165, 1.54) is 0 Å². The lowest BCUT2D eigenvalue weighted by Gasteiger charge is -2.22. The molecule has 6 heteroatoms. The van der Waals surface area contributed by atoms with Crippen molar-refractivity contribution in [1.82, 2.24) is 0 Å². The van der Waals surface area contributed by atoms with Crippen molar-refractivity contribution < 1.29 is 9.53 Å². The molecule has 1 aliphatic heterocycles. The van der Waals surface area contributed by atoms with Gasteiger partial charge in [0.2, 0.25) is 5.91 Å². The van der Waals surface area contributed by atoms with Gasteiger partial charge in [-0.3, -0.25) is 4.79 Å². The quantitative estimate of drug-likeness (QED) is 0.814. The Morgan fingerprint density at radius 3 is 2.90 bits per heavy atom. The van der Waals surface area contributed by atoms with E-state index in [0.29, 0.717) is 17.1 Å². The zero-order valence-corrected chi connectivity index (χ0v) is 13.4. The molecule has 1 aromatic carbocycles. The Hall–Kier alpha value is -0.980. The van der Waals surface area contributed by atoms with Crippen LogP contribution in [0.4, 0.5) is 5.69 Å². The molecule has 1 aromatic rings. The third-order valence-electron chi connectivity index (χ3n) is 3.21. The van der Waals surface area contributed by atoms with E-state index < -0.39 is 0 Å². The molecule has 0 bridgehead atoms. The molecular weight excluding hydrogens is 340 g/mol. The molecule has 0 aliphatic carbocycles. The number of rotatable bonds is 4. The number of hydrogen-bond donors (Lipinski definition) is 2. The molecule has 1 amide bonds. The van der Waals surface area contributed by atoms with Crippen LogP contribution < -0.4 is 11.1 Å². The first-order chi connectivity index (χ1) is 9.56. The number of hydrogen-bond acceptors (Lipinski definition) is 3. The fraction of sp³-hybridized carbons (Fsp3) is 0.429. The highest BCUT2D eigenvalue weighted by Gasteiger charge is 2.18. The lowest BCUT2D eigenvalue weighted by molar-refractivity contribution is -0.119. The van der Waals surface area contributed by atoms with E-state index in [0.717, 1.165) is 35.9 Å². The van der Waals surface area contributed by atoms with Crippen LogP contribution in [0.25, 0.3) is 0 Å². The number of thiocarbonyl (C=S) groups is 1. The van der Waals surface area contributed by atoms with Crippen LogP contribution in [0.5, 0.6) is 0 Å². The molecule has 3 N–H and O–H groups in total. The maximum absolute atomic E-state index is 12.0. The van der Waals surface area contributed by atoms with Crippen molar-refractivity contribution in [3.8, 4) is 0 Å². The monoisotopic (exact) mass is 356 g/mol. The number of benzene rings is 1. The van der Waals surface area contributed by atoms with Crippen LogP contribution in [-0.4, -0.2) is 23.6 Å². The van der Waals surface area contributed by atoms with E-state index in [4.69, 9.17) is 22.7 Å². The highest BCUT2D eigenvalue weighted by molar-refractivity contribution is 9.10. The summed E-state index contributed by atoms with van der Waals surface area (Å²) in [6, 6.07) is 5.38. The Balaban J connectivity index is 1.95. The van der Waals surface area contributed by atoms with Crippen molar-refractivity contribution in [3.05, 3.63) is 28.2 Å². The summed E-state index contributed by atoms with van der Waals surface area (Å²) in [5.41, 5.74) is 7.04. The van der Waals surface area contributed by atoms with Gasteiger partial charge < -0.3 is 15.8 Å². The summed E-state index contributed by atoms with van der Waals surface area (Å²) in [6.07, 6.45) is 3.60. The summed E-state index contributed by atoms with van der Waals surface area (Å²) in [6.45, 7) is 0.754. The number of amides is 1. The number of carbonyl (C=O) groups excluding carboxylic acids is 1. The largest absolute Gasteiger partial charge is 0.389 e. The van der Waals surface area contributed by atoms with E-state index in [9.17, 15) is 4.79 Å². The number of carbonyl (C=O) groups is 1. The van der Waals surface area contributed by atoms with E-state index in [2.05, 4.69) is 21.2 Å². The van der Waals surface area contributed by atoms with E-state index in [1.54, 1.807) is 18.2 Å². The molecule has 4 nitrogen and oxygen atoms in total. The van der Waals surface area contributed by atoms with Crippen molar-refractivity contribution in [2.45, 2.75) is 31.8 Å². The van der Waals surface area contributed by atoms with Gasteiger partial charge in [-0.25, -0.2) is 0 Å². The van der Waals surface area contributed by atoms with Gasteiger partial charge in [-0.2, -0.15) is 0 Å². The van der Waals surface area contributed by atoms with Gasteiger partial charge in [-0.05, 0) is 53.4 Å². The summed E-state index contributed by atoms with van der Waals surface area (Å²) >= 11 is 8.32. The molecule has 1 fully saturated rings. The summed E-state index contributed by atoms with van der Waals surface area (Å²) in [4.78, 5) is 12.3. The van der Waals surface area contributed by atoms with Crippen LogP contribution >= 0.6 is 28.1 Å². The summed E-state index contributed by atoms with van der Waals surface area (Å²) in [7, 11) is 0. The molecule has 2 rings (SSSR count). The molecule has 0 saturated carbocycles. The average Bonchev–Trinajstić information content (AvgIpc) is 2.42. The third kappa shape index (κ3) is 4.26. The Kier molecular flexibility index (Phi) is 5.51. The Labute approximate surface area is 132 Å². The SMILES string of the molecule is NC(=S)c1ccc(NC(=O)CC2CCCCO2)c(Br)c1. The molecule has 108 valence electrons. The topological polar surface area (TPSA) is 64.3 Å². The predicted octanol–water partition coefficient (Wildman–Crippen LogP) is 2.98. The number of nitrogens with two attached hydrogens (primary N) is 1. The fourth-order valence-electron chi connectivity index (χ4n) is 2.15. The van der Waals surface area contributed by atoms with Gasteiger partial charge in [-0.15, -0.1) is 0 Å². The van der Waals surface area contributed by atoms with Crippen molar-refractivity contribution in [2.24, 2.45) is 5.73 Å². The zero-order valence-electron chi connectivity index (χ0n) is 11.0. The van der Waals surface area contributed by atoms with Gasteiger partial charge in [0.1, 0.15) is 4.99 Å². The minimum atomic E-state index is -0.0410. The summed E-state index contributed by atoms with van der Waals surface area (Å²) in [5.74, 6) is -0.0410. The van der Waals surface area contributed by atoms with Crippen molar-refractivity contribution in [3.63, 3.8) is 0 Å². The number of anilines is 1. The van der Waals surface area contributed by atoms with Gasteiger partial charge >= 0.3 is 0 Å². The maximum Gasteiger partial charge on any atom is 0.227 e. The van der Waals surface area contributed by atoms with Crippen LogP contribution in [0, 0.1) is 0 Å². The standard InChI is InChI=1S/C14H17BrN2O2S/c15-11-7-9(14(16)20)4-5-12(11)17-13(18)8-10-3-1-2-6-19-10/h4-5,7,10H,1-3,6,8H2,(H2,16,20)(H,17,18). The first kappa shape index (κ1) is 15.4. The van der Waals surface area contributed by atoms with Gasteiger partial charge in [0.15, 0.2) is 0 Å². The van der Waals surface area contributed by atoms with Gasteiger partial charge in [-0.1, -0.05) is 12.2 Å². The summed E-state index contributed by atoms with van der Waals surface area (Å²) in [5, 5.41) is 2.87. The zero-order chi connectivity index (χ0) is 14.5. The lowest BCUT2D eigenvalue weighted by Crippen LogP contribution is -2.25. The molecule has 1 unspecified atom stereocenters. The van der Waals surface area contributed by atoms with Crippen LogP contribution in [0.1, 0.15) is 31.2 Å². The van der Waals surface area contributed by atoms with Gasteiger partial charge in [0, 0.05) is 16.6 Å². The maximum atomic E-state index is 12.0. The molecule has 1 aliphatic rings. The molecule has 0 radical (unpaired) electrons.